The van der Waals surface area contributed by atoms with E-state index in [0.717, 1.165) is 12.1 Å². The molecule has 1 aliphatic heterocycles. The van der Waals surface area contributed by atoms with E-state index in [-0.39, 0.29) is 0 Å². The number of carbonyl (C=O) groups is 2. The van der Waals surface area contributed by atoms with Crippen molar-refractivity contribution in [1.82, 2.24) is 9.62 Å². The summed E-state index contributed by atoms with van der Waals surface area (Å²) in [5, 5.41) is 1.93. The van der Waals surface area contributed by atoms with E-state index in [1.807, 2.05) is 5.32 Å². The van der Waals surface area contributed by atoms with E-state index in [4.69, 9.17) is 0 Å². The Kier molecular flexibility index (Phi) is 3.76. The van der Waals surface area contributed by atoms with E-state index in [9.17, 15) is 31.2 Å². The highest BCUT2D eigenvalue weighted by atomic mass is 32.2. The molecule has 6 nitrogen and oxygen atoms in total. The van der Waals surface area contributed by atoms with Gasteiger partial charge in [-0.15, -0.1) is 0 Å². The molecule has 0 aromatic heterocycles. The number of piperazine rings is 1. The summed E-state index contributed by atoms with van der Waals surface area (Å²) in [4.78, 5) is 21.9. The number of rotatable bonds is 2. The molecule has 0 atom stereocenters. The normalized spacial score (nSPS) is 17.7. The molecule has 1 N–H and O–H groups in total. The van der Waals surface area contributed by atoms with Gasteiger partial charge in [0, 0.05) is 0 Å². The topological polar surface area (TPSA) is 83.6 Å². The standard InChI is InChI=1S/C11H9F3N2O4S/c12-11(13,14)7-1-3-8(4-2-7)21(19,20)16-5-9(17)15-10(18)6-16/h1-4H,5-6H2,(H,15,17,18). The van der Waals surface area contributed by atoms with E-state index in [0.29, 0.717) is 16.4 Å². The van der Waals surface area contributed by atoms with Crippen LogP contribution in [0.15, 0.2) is 29.2 Å². The number of nitrogens with one attached hydrogen (secondary N) is 1. The fraction of sp³-hybridized carbons (Fsp3) is 0.273. The molecular formula is C11H9F3N2O4S. The van der Waals surface area contributed by atoms with Gasteiger partial charge in [-0.25, -0.2) is 8.42 Å². The summed E-state index contributed by atoms with van der Waals surface area (Å²) in [5.41, 5.74) is -0.992. The molecule has 1 fully saturated rings. The largest absolute Gasteiger partial charge is 0.416 e. The monoisotopic (exact) mass is 322 g/mol. The van der Waals surface area contributed by atoms with Gasteiger partial charge in [-0.3, -0.25) is 14.9 Å². The molecule has 0 bridgehead atoms. The second kappa shape index (κ2) is 5.11. The maximum Gasteiger partial charge on any atom is 0.416 e. The second-order valence-electron chi connectivity index (χ2n) is 4.27. The summed E-state index contributed by atoms with van der Waals surface area (Å²) in [6.07, 6.45) is -4.58. The lowest BCUT2D eigenvalue weighted by Gasteiger charge is -2.24. The van der Waals surface area contributed by atoms with Gasteiger partial charge in [0.05, 0.1) is 23.5 Å². The van der Waals surface area contributed by atoms with Gasteiger partial charge < -0.3 is 0 Å². The lowest BCUT2D eigenvalue weighted by Crippen LogP contribution is -2.53. The van der Waals surface area contributed by atoms with Crippen molar-refractivity contribution >= 4 is 21.8 Å². The van der Waals surface area contributed by atoms with Crippen LogP contribution in [0.2, 0.25) is 0 Å². The Bertz CT molecular complexity index is 666. The van der Waals surface area contributed by atoms with Crippen LogP contribution in [0.5, 0.6) is 0 Å². The minimum Gasteiger partial charge on any atom is -0.294 e. The molecule has 0 radical (unpaired) electrons. The van der Waals surface area contributed by atoms with Gasteiger partial charge in [0.15, 0.2) is 0 Å². The van der Waals surface area contributed by atoms with Crippen LogP contribution >= 0.6 is 0 Å². The fourth-order valence-electron chi connectivity index (χ4n) is 1.75. The number of amides is 2. The molecule has 1 aromatic carbocycles. The number of sulfonamides is 1. The molecule has 21 heavy (non-hydrogen) atoms. The van der Waals surface area contributed by atoms with Crippen molar-refractivity contribution < 1.29 is 31.2 Å². The molecular weight excluding hydrogens is 313 g/mol. The Morgan fingerprint density at radius 2 is 1.48 bits per heavy atom. The zero-order chi connectivity index (χ0) is 15.8. The zero-order valence-corrected chi connectivity index (χ0v) is 11.2. The van der Waals surface area contributed by atoms with Crippen molar-refractivity contribution in [2.24, 2.45) is 0 Å². The number of carbonyl (C=O) groups excluding carboxylic acids is 2. The van der Waals surface area contributed by atoms with Gasteiger partial charge in [-0.05, 0) is 24.3 Å². The molecule has 1 saturated heterocycles. The zero-order valence-electron chi connectivity index (χ0n) is 10.3. The molecule has 2 rings (SSSR count). The van der Waals surface area contributed by atoms with E-state index in [2.05, 4.69) is 0 Å². The molecule has 1 heterocycles. The Hall–Kier alpha value is -1.94. The Balaban J connectivity index is 2.31. The van der Waals surface area contributed by atoms with Crippen molar-refractivity contribution in [3.8, 4) is 0 Å². The maximum absolute atomic E-state index is 12.4. The highest BCUT2D eigenvalue weighted by molar-refractivity contribution is 7.89. The molecule has 0 spiro atoms. The van der Waals surface area contributed by atoms with Crippen LogP contribution < -0.4 is 5.32 Å². The molecule has 114 valence electrons. The van der Waals surface area contributed by atoms with Crippen molar-refractivity contribution in [2.45, 2.75) is 11.1 Å². The highest BCUT2D eigenvalue weighted by Crippen LogP contribution is 2.30. The van der Waals surface area contributed by atoms with E-state index >= 15 is 0 Å². The predicted octanol–water partition coefficient (Wildman–Crippen LogP) is 0.353. The average molecular weight is 322 g/mol. The first-order valence-corrected chi connectivity index (χ1v) is 7.05. The number of hydrogen-bond acceptors (Lipinski definition) is 4. The highest BCUT2D eigenvalue weighted by Gasteiger charge is 2.34. The number of imide groups is 1. The van der Waals surface area contributed by atoms with Crippen LogP contribution in [0.1, 0.15) is 5.56 Å². The summed E-state index contributed by atoms with van der Waals surface area (Å²) < 4.78 is 62.2. The number of benzene rings is 1. The van der Waals surface area contributed by atoms with Crippen LogP contribution in [0.25, 0.3) is 0 Å². The summed E-state index contributed by atoms with van der Waals surface area (Å²) >= 11 is 0. The smallest absolute Gasteiger partial charge is 0.294 e. The third-order valence-corrected chi connectivity index (χ3v) is 4.54. The van der Waals surface area contributed by atoms with Crippen molar-refractivity contribution in [1.29, 1.82) is 0 Å². The molecule has 2 amide bonds. The molecule has 10 heteroatoms. The van der Waals surface area contributed by atoms with Gasteiger partial charge in [0.1, 0.15) is 0 Å². The van der Waals surface area contributed by atoms with Gasteiger partial charge in [0.2, 0.25) is 21.8 Å². The first-order chi connectivity index (χ1) is 9.60. The molecule has 1 aromatic rings. The number of hydrogen-bond donors (Lipinski definition) is 1. The third kappa shape index (κ3) is 3.22. The minimum absolute atomic E-state index is 0.419. The van der Waals surface area contributed by atoms with Crippen LogP contribution in [-0.2, 0) is 25.8 Å². The van der Waals surface area contributed by atoms with Crippen molar-refractivity contribution in [3.05, 3.63) is 29.8 Å². The van der Waals surface area contributed by atoms with Gasteiger partial charge in [0.25, 0.3) is 0 Å². The lowest BCUT2D eigenvalue weighted by molar-refractivity contribution is -0.137. The van der Waals surface area contributed by atoms with Gasteiger partial charge >= 0.3 is 6.18 Å². The first kappa shape index (κ1) is 15.4. The fourth-order valence-corrected chi connectivity index (χ4v) is 3.10. The number of alkyl halides is 3. The van der Waals surface area contributed by atoms with Gasteiger partial charge in [-0.2, -0.15) is 17.5 Å². The molecule has 0 unspecified atom stereocenters. The van der Waals surface area contributed by atoms with Gasteiger partial charge in [-0.1, -0.05) is 0 Å². The van der Waals surface area contributed by atoms with Crippen molar-refractivity contribution in [2.75, 3.05) is 13.1 Å². The van der Waals surface area contributed by atoms with Crippen LogP contribution in [0.4, 0.5) is 13.2 Å². The molecule has 0 saturated carbocycles. The predicted molar refractivity (Wildman–Crippen MR) is 63.4 cm³/mol. The SMILES string of the molecule is O=C1CN(S(=O)(=O)c2ccc(C(F)(F)F)cc2)CC(=O)N1. The Labute approximate surface area is 117 Å². The van der Waals surface area contributed by atoms with E-state index in [1.54, 1.807) is 0 Å². The number of halogens is 3. The maximum atomic E-state index is 12.4. The second-order valence-corrected chi connectivity index (χ2v) is 6.20. The summed E-state index contributed by atoms with van der Waals surface area (Å²) in [6, 6.07) is 2.82. The number of nitrogens with zero attached hydrogens (tertiary/aromatic N) is 1. The Morgan fingerprint density at radius 3 is 1.90 bits per heavy atom. The summed E-state index contributed by atoms with van der Waals surface area (Å²) in [6.45, 7) is -1.12. The lowest BCUT2D eigenvalue weighted by atomic mass is 10.2. The van der Waals surface area contributed by atoms with E-state index in [1.165, 1.54) is 0 Å². The van der Waals surface area contributed by atoms with Crippen LogP contribution in [-0.4, -0.2) is 37.6 Å². The van der Waals surface area contributed by atoms with Crippen LogP contribution in [0.3, 0.4) is 0 Å². The Morgan fingerprint density at radius 1 is 1.00 bits per heavy atom. The average Bonchev–Trinajstić information content (AvgIpc) is 2.36. The third-order valence-electron chi connectivity index (χ3n) is 2.74. The first-order valence-electron chi connectivity index (χ1n) is 5.61. The van der Waals surface area contributed by atoms with Crippen molar-refractivity contribution in [3.63, 3.8) is 0 Å². The molecule has 0 aliphatic carbocycles. The molecule has 1 aliphatic rings. The minimum atomic E-state index is -4.58. The summed E-state index contributed by atoms with van der Waals surface area (Å²) in [5.74, 6) is -1.58. The summed E-state index contributed by atoms with van der Waals surface area (Å²) in [7, 11) is -4.21. The van der Waals surface area contributed by atoms with E-state index < -0.39 is 51.6 Å². The quantitative estimate of drug-likeness (QED) is 0.797. The van der Waals surface area contributed by atoms with Crippen LogP contribution in [0, 0.1) is 0 Å².